The summed E-state index contributed by atoms with van der Waals surface area (Å²) in [4.78, 5) is 0. The summed E-state index contributed by atoms with van der Waals surface area (Å²) in [5.41, 5.74) is 0. The Kier molecular flexibility index (Phi) is 7.38. The number of nitrogens with one attached hydrogen (secondary N) is 2. The predicted molar refractivity (Wildman–Crippen MR) is 73.3 cm³/mol. The van der Waals surface area contributed by atoms with E-state index in [0.717, 1.165) is 12.8 Å². The molecule has 5 nitrogen and oxygen atoms in total. The molecule has 1 aliphatic rings. The molecule has 0 unspecified atom stereocenters. The van der Waals surface area contributed by atoms with E-state index < -0.39 is 28.7 Å². The Morgan fingerprint density at radius 1 is 1.24 bits per heavy atom. The third-order valence-corrected chi connectivity index (χ3v) is 4.29. The van der Waals surface area contributed by atoms with Crippen LogP contribution in [0.25, 0.3) is 0 Å². The van der Waals surface area contributed by atoms with Crippen molar-refractivity contribution in [3.05, 3.63) is 0 Å². The van der Waals surface area contributed by atoms with Gasteiger partial charge in [0.25, 0.3) is 0 Å². The molecule has 126 valence electrons. The van der Waals surface area contributed by atoms with E-state index in [9.17, 15) is 21.6 Å². The highest BCUT2D eigenvalue weighted by Gasteiger charge is 2.29. The monoisotopic (exact) mass is 332 g/mol. The van der Waals surface area contributed by atoms with Crippen molar-refractivity contribution >= 4 is 10.0 Å². The van der Waals surface area contributed by atoms with E-state index in [-0.39, 0.29) is 12.6 Å². The maximum atomic E-state index is 11.9. The molecule has 0 aromatic carbocycles. The summed E-state index contributed by atoms with van der Waals surface area (Å²) in [5, 5.41) is 3.34. The van der Waals surface area contributed by atoms with Crippen molar-refractivity contribution in [3.63, 3.8) is 0 Å². The lowest BCUT2D eigenvalue weighted by Crippen LogP contribution is -2.41. The SMILES string of the molecule is C[C@@H](COCS(=O)(=O)NCC(F)(F)F)NC1CCCCC1. The Balaban J connectivity index is 2.19. The van der Waals surface area contributed by atoms with E-state index >= 15 is 0 Å². The summed E-state index contributed by atoms with van der Waals surface area (Å²) in [5.74, 6) is -0.764. The van der Waals surface area contributed by atoms with Crippen LogP contribution < -0.4 is 10.0 Å². The second-order valence-corrected chi connectivity index (χ2v) is 7.20. The maximum Gasteiger partial charge on any atom is 0.402 e. The average Bonchev–Trinajstić information content (AvgIpc) is 2.37. The van der Waals surface area contributed by atoms with Crippen LogP contribution in [-0.2, 0) is 14.8 Å². The van der Waals surface area contributed by atoms with Gasteiger partial charge >= 0.3 is 6.18 Å². The molecule has 1 fully saturated rings. The number of ether oxygens (including phenoxy) is 1. The molecule has 2 N–H and O–H groups in total. The van der Waals surface area contributed by atoms with Gasteiger partial charge in [0.1, 0.15) is 6.54 Å². The first-order chi connectivity index (χ1) is 9.68. The zero-order valence-electron chi connectivity index (χ0n) is 12.1. The van der Waals surface area contributed by atoms with E-state index in [1.54, 1.807) is 0 Å². The zero-order chi connectivity index (χ0) is 15.9. The molecule has 1 atom stereocenters. The van der Waals surface area contributed by atoms with Crippen molar-refractivity contribution in [2.24, 2.45) is 0 Å². The van der Waals surface area contributed by atoms with Crippen LogP contribution in [0.3, 0.4) is 0 Å². The molecular formula is C12H23F3N2O3S. The molecule has 0 aromatic rings. The fourth-order valence-corrected chi connectivity index (χ4v) is 3.07. The third kappa shape index (κ3) is 9.28. The molecule has 0 spiro atoms. The summed E-state index contributed by atoms with van der Waals surface area (Å²) in [7, 11) is -4.06. The molecule has 0 radical (unpaired) electrons. The van der Waals surface area contributed by atoms with Crippen LogP contribution >= 0.6 is 0 Å². The van der Waals surface area contributed by atoms with Crippen LogP contribution in [0.1, 0.15) is 39.0 Å². The van der Waals surface area contributed by atoms with Crippen molar-refractivity contribution in [3.8, 4) is 0 Å². The molecule has 0 heterocycles. The molecule has 0 amide bonds. The standard InChI is InChI=1S/C12H23F3N2O3S/c1-10(17-11-5-3-2-4-6-11)7-20-9-21(18,19)16-8-12(13,14)15/h10-11,16-17H,2-9H2,1H3/t10-/m0/s1. The molecule has 0 bridgehead atoms. The molecule has 1 aliphatic carbocycles. The number of alkyl halides is 3. The number of hydrogen-bond acceptors (Lipinski definition) is 4. The van der Waals surface area contributed by atoms with Crippen LogP contribution in [0.5, 0.6) is 0 Å². The highest BCUT2D eigenvalue weighted by atomic mass is 32.2. The fourth-order valence-electron chi connectivity index (χ4n) is 2.29. The number of hydrogen-bond donors (Lipinski definition) is 2. The van der Waals surface area contributed by atoms with Gasteiger partial charge in [-0.05, 0) is 19.8 Å². The molecule has 1 rings (SSSR count). The lowest BCUT2D eigenvalue weighted by atomic mass is 9.95. The van der Waals surface area contributed by atoms with Crippen molar-refractivity contribution in [2.45, 2.75) is 57.3 Å². The Labute approximate surface area is 123 Å². The van der Waals surface area contributed by atoms with Gasteiger partial charge in [-0.2, -0.15) is 13.2 Å². The van der Waals surface area contributed by atoms with E-state index in [0.29, 0.717) is 6.04 Å². The van der Waals surface area contributed by atoms with Gasteiger partial charge in [0, 0.05) is 12.1 Å². The molecule has 1 saturated carbocycles. The average molecular weight is 332 g/mol. The van der Waals surface area contributed by atoms with E-state index in [1.165, 1.54) is 24.0 Å². The predicted octanol–water partition coefficient (Wildman–Crippen LogP) is 1.75. The molecular weight excluding hydrogens is 309 g/mol. The third-order valence-electron chi connectivity index (χ3n) is 3.22. The topological polar surface area (TPSA) is 67.4 Å². The minimum absolute atomic E-state index is 0.0362. The first-order valence-electron chi connectivity index (χ1n) is 7.06. The fraction of sp³-hybridized carbons (Fsp3) is 1.00. The van der Waals surface area contributed by atoms with Gasteiger partial charge in [-0.1, -0.05) is 19.3 Å². The Morgan fingerprint density at radius 3 is 2.43 bits per heavy atom. The minimum atomic E-state index is -4.57. The highest BCUT2D eigenvalue weighted by molar-refractivity contribution is 7.89. The minimum Gasteiger partial charge on any atom is -0.362 e. The molecule has 21 heavy (non-hydrogen) atoms. The van der Waals surface area contributed by atoms with Gasteiger partial charge in [0.05, 0.1) is 6.61 Å². The second-order valence-electron chi connectivity index (χ2n) is 5.44. The summed E-state index contributed by atoms with van der Waals surface area (Å²) in [6.45, 7) is 0.433. The molecule has 0 aliphatic heterocycles. The first-order valence-corrected chi connectivity index (χ1v) is 8.71. The molecule has 9 heteroatoms. The Morgan fingerprint density at radius 2 is 1.86 bits per heavy atom. The number of rotatable bonds is 8. The van der Waals surface area contributed by atoms with Gasteiger partial charge in [0.2, 0.25) is 10.0 Å². The number of sulfonamides is 1. The van der Waals surface area contributed by atoms with Crippen molar-refractivity contribution < 1.29 is 26.3 Å². The largest absolute Gasteiger partial charge is 0.402 e. The second kappa shape index (κ2) is 8.30. The van der Waals surface area contributed by atoms with Crippen LogP contribution in [0.15, 0.2) is 0 Å². The highest BCUT2D eigenvalue weighted by Crippen LogP contribution is 2.17. The first kappa shape index (κ1) is 18.7. The smallest absolute Gasteiger partial charge is 0.362 e. The van der Waals surface area contributed by atoms with Crippen LogP contribution in [0.4, 0.5) is 13.2 Å². The summed E-state index contributed by atoms with van der Waals surface area (Å²) >= 11 is 0. The molecule has 0 saturated heterocycles. The number of halogens is 3. The van der Waals surface area contributed by atoms with Crippen LogP contribution in [-0.4, -0.2) is 45.8 Å². The Hall–Kier alpha value is -0.380. The van der Waals surface area contributed by atoms with Crippen LogP contribution in [0.2, 0.25) is 0 Å². The Bertz CT molecular complexity index is 395. The van der Waals surface area contributed by atoms with Crippen molar-refractivity contribution in [1.29, 1.82) is 0 Å². The van der Waals surface area contributed by atoms with Gasteiger partial charge in [0.15, 0.2) is 5.94 Å². The van der Waals surface area contributed by atoms with Crippen molar-refractivity contribution in [1.82, 2.24) is 10.0 Å². The summed E-state index contributed by atoms with van der Waals surface area (Å²) in [6.07, 6.45) is 1.22. The zero-order valence-corrected chi connectivity index (χ0v) is 12.9. The molecule has 0 aromatic heterocycles. The quantitative estimate of drug-likeness (QED) is 0.711. The van der Waals surface area contributed by atoms with E-state index in [2.05, 4.69) is 5.32 Å². The van der Waals surface area contributed by atoms with Gasteiger partial charge < -0.3 is 10.1 Å². The normalized spacial score (nSPS) is 19.6. The van der Waals surface area contributed by atoms with Crippen molar-refractivity contribution in [2.75, 3.05) is 19.1 Å². The summed E-state index contributed by atoms with van der Waals surface area (Å²) in [6, 6.07) is 0.378. The van der Waals surface area contributed by atoms with E-state index in [1.807, 2.05) is 6.92 Å². The lowest BCUT2D eigenvalue weighted by Gasteiger charge is -2.26. The van der Waals surface area contributed by atoms with Gasteiger partial charge in [-0.15, -0.1) is 0 Å². The lowest BCUT2D eigenvalue weighted by molar-refractivity contribution is -0.121. The van der Waals surface area contributed by atoms with Gasteiger partial charge in [-0.25, -0.2) is 13.1 Å². The summed E-state index contributed by atoms with van der Waals surface area (Å²) < 4.78 is 64.8. The van der Waals surface area contributed by atoms with E-state index in [4.69, 9.17) is 4.74 Å². The van der Waals surface area contributed by atoms with Gasteiger partial charge in [-0.3, -0.25) is 0 Å². The maximum absolute atomic E-state index is 11.9. The van der Waals surface area contributed by atoms with Crippen LogP contribution in [0, 0.1) is 0 Å².